The second kappa shape index (κ2) is 5.87. The molecule has 0 radical (unpaired) electrons. The average Bonchev–Trinajstić information content (AvgIpc) is 2.76. The van der Waals surface area contributed by atoms with Crippen LogP contribution in [-0.4, -0.2) is 21.3 Å². The summed E-state index contributed by atoms with van der Waals surface area (Å²) in [5.41, 5.74) is 1.97. The maximum Gasteiger partial charge on any atom is 0.126 e. The molecule has 96 valence electrons. The molecule has 0 aliphatic heterocycles. The summed E-state index contributed by atoms with van der Waals surface area (Å²) in [6, 6.07) is 3.77. The number of rotatable bonds is 5. The number of hydrogen-bond acceptors (Lipinski definition) is 3. The van der Waals surface area contributed by atoms with Crippen molar-refractivity contribution in [2.75, 3.05) is 11.9 Å². The van der Waals surface area contributed by atoms with Crippen LogP contribution in [0.4, 0.5) is 5.82 Å². The maximum atomic E-state index is 6.16. The van der Waals surface area contributed by atoms with Crippen LogP contribution in [0.5, 0.6) is 0 Å². The van der Waals surface area contributed by atoms with Gasteiger partial charge in [-0.3, -0.25) is 4.68 Å². The number of nitrogens with one attached hydrogen (secondary N) is 1. The van der Waals surface area contributed by atoms with Crippen LogP contribution in [0.3, 0.4) is 0 Å². The molecule has 0 unspecified atom stereocenters. The van der Waals surface area contributed by atoms with Crippen molar-refractivity contribution >= 4 is 17.4 Å². The minimum Gasteiger partial charge on any atom is -0.370 e. The number of aromatic nitrogens is 3. The molecule has 0 spiro atoms. The number of halogens is 1. The Morgan fingerprint density at radius 2 is 2.22 bits per heavy atom. The van der Waals surface area contributed by atoms with E-state index in [1.54, 1.807) is 0 Å². The van der Waals surface area contributed by atoms with E-state index in [0.29, 0.717) is 11.6 Å². The van der Waals surface area contributed by atoms with E-state index in [1.165, 1.54) is 0 Å². The molecule has 2 rings (SSSR count). The highest BCUT2D eigenvalue weighted by atomic mass is 35.5. The van der Waals surface area contributed by atoms with E-state index in [2.05, 4.69) is 22.3 Å². The van der Waals surface area contributed by atoms with Crippen molar-refractivity contribution in [3.05, 3.63) is 40.8 Å². The molecular weight excluding hydrogens is 248 g/mol. The molecule has 2 aromatic rings. The van der Waals surface area contributed by atoms with E-state index in [0.717, 1.165) is 30.0 Å². The predicted octanol–water partition coefficient (Wildman–Crippen LogP) is 3.11. The lowest BCUT2D eigenvalue weighted by Crippen LogP contribution is -2.07. The second-order valence-electron chi connectivity index (χ2n) is 4.27. The number of nitrogens with zero attached hydrogens (tertiary/aromatic N) is 3. The van der Waals surface area contributed by atoms with Crippen molar-refractivity contribution < 1.29 is 0 Å². The fourth-order valence-electron chi connectivity index (χ4n) is 1.65. The van der Waals surface area contributed by atoms with E-state index in [1.807, 2.05) is 36.1 Å². The second-order valence-corrected chi connectivity index (χ2v) is 4.67. The van der Waals surface area contributed by atoms with Gasteiger partial charge in [0.25, 0.3) is 0 Å². The Morgan fingerprint density at radius 3 is 2.89 bits per heavy atom. The van der Waals surface area contributed by atoms with Gasteiger partial charge in [0.15, 0.2) is 0 Å². The highest BCUT2D eigenvalue weighted by Crippen LogP contribution is 2.17. The molecule has 1 N–H and O–H groups in total. The summed E-state index contributed by atoms with van der Waals surface area (Å²) in [7, 11) is 0. The van der Waals surface area contributed by atoms with E-state index in [4.69, 9.17) is 11.6 Å². The molecule has 4 nitrogen and oxygen atoms in total. The van der Waals surface area contributed by atoms with Crippen LogP contribution in [0.2, 0.25) is 5.02 Å². The third-order valence-electron chi connectivity index (χ3n) is 2.55. The molecule has 0 aliphatic carbocycles. The summed E-state index contributed by atoms with van der Waals surface area (Å²) in [6.07, 6.45) is 4.87. The number of aryl methyl sites for hydroxylation is 1. The lowest BCUT2D eigenvalue weighted by molar-refractivity contribution is 0.673. The molecular formula is C13H17ClN4. The lowest BCUT2D eigenvalue weighted by atomic mass is 10.3. The fourth-order valence-corrected chi connectivity index (χ4v) is 1.82. The first-order valence-electron chi connectivity index (χ1n) is 6.07. The third kappa shape index (κ3) is 3.23. The zero-order valence-electron chi connectivity index (χ0n) is 10.7. The lowest BCUT2D eigenvalue weighted by Gasteiger charge is -2.08. The van der Waals surface area contributed by atoms with Crippen molar-refractivity contribution in [2.45, 2.75) is 26.8 Å². The Hall–Kier alpha value is -1.55. The van der Waals surface area contributed by atoms with Gasteiger partial charge < -0.3 is 5.32 Å². The number of pyridine rings is 1. The Labute approximate surface area is 112 Å². The van der Waals surface area contributed by atoms with Crippen LogP contribution in [0.25, 0.3) is 0 Å². The van der Waals surface area contributed by atoms with Gasteiger partial charge in [-0.2, -0.15) is 5.10 Å². The first-order chi connectivity index (χ1) is 8.69. The van der Waals surface area contributed by atoms with Crippen molar-refractivity contribution in [3.8, 4) is 0 Å². The number of hydrogen-bond donors (Lipinski definition) is 1. The summed E-state index contributed by atoms with van der Waals surface area (Å²) in [4.78, 5) is 4.51. The van der Waals surface area contributed by atoms with E-state index >= 15 is 0 Å². The first kappa shape index (κ1) is 12.9. The van der Waals surface area contributed by atoms with Crippen LogP contribution in [0, 0.1) is 6.92 Å². The molecule has 2 aromatic heterocycles. The van der Waals surface area contributed by atoms with Crippen LogP contribution in [0.15, 0.2) is 24.5 Å². The normalized spacial score (nSPS) is 10.6. The van der Waals surface area contributed by atoms with Crippen molar-refractivity contribution in [1.82, 2.24) is 14.8 Å². The van der Waals surface area contributed by atoms with Gasteiger partial charge in [0.1, 0.15) is 5.82 Å². The highest BCUT2D eigenvalue weighted by molar-refractivity contribution is 6.31. The van der Waals surface area contributed by atoms with Gasteiger partial charge in [0.05, 0.1) is 23.5 Å². The van der Waals surface area contributed by atoms with E-state index < -0.39 is 0 Å². The summed E-state index contributed by atoms with van der Waals surface area (Å²) >= 11 is 6.16. The summed E-state index contributed by atoms with van der Waals surface area (Å²) < 4.78 is 1.84. The highest BCUT2D eigenvalue weighted by Gasteiger charge is 2.05. The van der Waals surface area contributed by atoms with Crippen LogP contribution >= 0.6 is 11.6 Å². The van der Waals surface area contributed by atoms with Crippen LogP contribution in [-0.2, 0) is 6.54 Å². The van der Waals surface area contributed by atoms with E-state index in [9.17, 15) is 0 Å². The zero-order valence-corrected chi connectivity index (χ0v) is 11.4. The van der Waals surface area contributed by atoms with Gasteiger partial charge in [0, 0.05) is 12.7 Å². The van der Waals surface area contributed by atoms with Gasteiger partial charge in [-0.1, -0.05) is 18.5 Å². The van der Waals surface area contributed by atoms with Gasteiger partial charge in [0.2, 0.25) is 0 Å². The smallest absolute Gasteiger partial charge is 0.126 e. The molecule has 5 heteroatoms. The molecule has 0 aromatic carbocycles. The summed E-state index contributed by atoms with van der Waals surface area (Å²) in [6.45, 7) is 5.64. The van der Waals surface area contributed by atoms with Gasteiger partial charge >= 0.3 is 0 Å². The maximum absolute atomic E-state index is 6.16. The van der Waals surface area contributed by atoms with Crippen molar-refractivity contribution in [3.63, 3.8) is 0 Å². The van der Waals surface area contributed by atoms with Crippen molar-refractivity contribution in [1.29, 1.82) is 0 Å². The summed E-state index contributed by atoms with van der Waals surface area (Å²) in [5.74, 6) is 0.861. The number of anilines is 1. The topological polar surface area (TPSA) is 42.7 Å². The fraction of sp³-hybridized carbons (Fsp3) is 0.385. The van der Waals surface area contributed by atoms with Gasteiger partial charge in [-0.05, 0) is 31.0 Å². The Kier molecular flexibility index (Phi) is 4.20. The average molecular weight is 265 g/mol. The molecule has 0 saturated carbocycles. The standard InChI is InChI=1S/C13H17ClN4/c1-3-6-15-13-5-4-11(14)12(17-13)9-18-8-10(2)7-16-18/h4-5,7-8H,3,6,9H2,1-2H3,(H,15,17). The molecule has 0 fully saturated rings. The van der Waals surface area contributed by atoms with Crippen molar-refractivity contribution in [2.24, 2.45) is 0 Å². The SMILES string of the molecule is CCCNc1ccc(Cl)c(Cn2cc(C)cn2)n1. The minimum atomic E-state index is 0.592. The third-order valence-corrected chi connectivity index (χ3v) is 2.89. The molecule has 2 heterocycles. The molecule has 0 bridgehead atoms. The Balaban J connectivity index is 2.15. The Bertz CT molecular complexity index is 521. The van der Waals surface area contributed by atoms with Crippen LogP contribution in [0.1, 0.15) is 24.6 Å². The largest absolute Gasteiger partial charge is 0.370 e. The zero-order chi connectivity index (χ0) is 13.0. The quantitative estimate of drug-likeness (QED) is 0.902. The molecule has 0 atom stereocenters. The molecule has 0 saturated heterocycles. The van der Waals surface area contributed by atoms with Crippen LogP contribution < -0.4 is 5.32 Å². The predicted molar refractivity (Wildman–Crippen MR) is 74.1 cm³/mol. The van der Waals surface area contributed by atoms with Gasteiger partial charge in [-0.15, -0.1) is 0 Å². The minimum absolute atomic E-state index is 0.592. The van der Waals surface area contributed by atoms with E-state index in [-0.39, 0.29) is 0 Å². The molecule has 0 aliphatic rings. The monoisotopic (exact) mass is 264 g/mol. The molecule has 0 amide bonds. The molecule has 18 heavy (non-hydrogen) atoms. The summed E-state index contributed by atoms with van der Waals surface area (Å²) in [5, 5.41) is 8.17. The Morgan fingerprint density at radius 1 is 1.39 bits per heavy atom. The first-order valence-corrected chi connectivity index (χ1v) is 6.45. The van der Waals surface area contributed by atoms with Gasteiger partial charge in [-0.25, -0.2) is 4.98 Å².